The van der Waals surface area contributed by atoms with Crippen LogP contribution in [0.4, 0.5) is 0 Å². The van der Waals surface area contributed by atoms with Gasteiger partial charge in [-0.3, -0.25) is 14.4 Å². The van der Waals surface area contributed by atoms with Crippen molar-refractivity contribution in [3.63, 3.8) is 0 Å². The molecule has 0 radical (unpaired) electrons. The molecule has 0 bridgehead atoms. The first kappa shape index (κ1) is 27.1. The van der Waals surface area contributed by atoms with Gasteiger partial charge in [0.1, 0.15) is 18.1 Å². The van der Waals surface area contributed by atoms with E-state index in [2.05, 4.69) is 33.6 Å². The molecule has 186 valence electrons. The van der Waals surface area contributed by atoms with Crippen LogP contribution in [-0.4, -0.2) is 86.6 Å². The average Bonchev–Trinajstić information content (AvgIpc) is 3.21. The number of hydrogen-bond acceptors (Lipinski definition) is 8. The number of aromatic amines is 1. The summed E-state index contributed by atoms with van der Waals surface area (Å²) in [6.07, 6.45) is 0.175. The highest BCUT2D eigenvalue weighted by Crippen LogP contribution is 2.19. The molecule has 12 nitrogen and oxygen atoms in total. The van der Waals surface area contributed by atoms with E-state index in [0.29, 0.717) is 5.56 Å². The van der Waals surface area contributed by atoms with Gasteiger partial charge in [-0.2, -0.15) is 12.6 Å². The van der Waals surface area contributed by atoms with Crippen molar-refractivity contribution in [2.75, 3.05) is 12.4 Å². The summed E-state index contributed by atoms with van der Waals surface area (Å²) in [5.74, 6) is -3.97. The molecule has 0 aliphatic rings. The monoisotopic (exact) mass is 495 g/mol. The summed E-state index contributed by atoms with van der Waals surface area (Å²) >= 11 is 3.88. The molecule has 5 atom stereocenters. The fourth-order valence-electron chi connectivity index (χ4n) is 3.20. The zero-order chi connectivity index (χ0) is 25.4. The number of carboxylic acids is 1. The number of aromatic nitrogens is 1. The number of nitrogens with two attached hydrogens (primary N) is 1. The lowest BCUT2D eigenvalue weighted by atomic mass is 10.0. The molecule has 0 saturated heterocycles. The summed E-state index contributed by atoms with van der Waals surface area (Å²) in [7, 11) is 0. The number of aliphatic hydroxyl groups is 2. The summed E-state index contributed by atoms with van der Waals surface area (Å²) < 4.78 is 0. The van der Waals surface area contributed by atoms with Gasteiger partial charge >= 0.3 is 5.97 Å². The quantitative estimate of drug-likeness (QED) is 0.148. The van der Waals surface area contributed by atoms with Crippen LogP contribution in [0.1, 0.15) is 12.5 Å². The van der Waals surface area contributed by atoms with Crippen molar-refractivity contribution in [3.05, 3.63) is 36.0 Å². The summed E-state index contributed by atoms with van der Waals surface area (Å²) in [6, 6.07) is 1.87. The largest absolute Gasteiger partial charge is 0.480 e. The van der Waals surface area contributed by atoms with Crippen LogP contribution >= 0.6 is 12.6 Å². The molecule has 0 saturated carbocycles. The number of H-pyrrole nitrogens is 1. The Balaban J connectivity index is 2.11. The second-order valence-electron chi connectivity index (χ2n) is 7.72. The highest BCUT2D eigenvalue weighted by molar-refractivity contribution is 7.80. The molecule has 0 spiro atoms. The molecule has 34 heavy (non-hydrogen) atoms. The van der Waals surface area contributed by atoms with Crippen LogP contribution in [0.5, 0.6) is 0 Å². The number of hydrogen-bond donors (Lipinski definition) is 9. The smallest absolute Gasteiger partial charge is 0.326 e. The average molecular weight is 496 g/mol. The van der Waals surface area contributed by atoms with E-state index < -0.39 is 60.6 Å². The number of thiol groups is 1. The third-order valence-electron chi connectivity index (χ3n) is 5.13. The van der Waals surface area contributed by atoms with E-state index in [1.54, 1.807) is 12.3 Å². The molecular formula is C21H29N5O7S. The van der Waals surface area contributed by atoms with Gasteiger partial charge in [0.2, 0.25) is 17.7 Å². The van der Waals surface area contributed by atoms with Crippen molar-refractivity contribution in [2.45, 2.75) is 43.6 Å². The molecule has 0 aliphatic carbocycles. The first-order chi connectivity index (χ1) is 16.1. The third kappa shape index (κ3) is 6.93. The minimum absolute atomic E-state index is 0.00267. The predicted octanol–water partition coefficient (Wildman–Crippen LogP) is -2.12. The Morgan fingerprint density at radius 1 is 1.06 bits per heavy atom. The fourth-order valence-corrected chi connectivity index (χ4v) is 3.36. The van der Waals surface area contributed by atoms with E-state index in [4.69, 9.17) is 5.73 Å². The molecule has 13 heteroatoms. The van der Waals surface area contributed by atoms with E-state index in [1.165, 1.54) is 6.92 Å². The molecule has 0 aliphatic heterocycles. The van der Waals surface area contributed by atoms with Gasteiger partial charge in [0.05, 0.1) is 18.8 Å². The van der Waals surface area contributed by atoms with Gasteiger partial charge < -0.3 is 42.0 Å². The second kappa shape index (κ2) is 12.4. The van der Waals surface area contributed by atoms with Gasteiger partial charge in [-0.1, -0.05) is 18.2 Å². The summed E-state index contributed by atoms with van der Waals surface area (Å²) in [6.45, 7) is 0.423. The minimum atomic E-state index is -1.55. The van der Waals surface area contributed by atoms with Gasteiger partial charge in [-0.25, -0.2) is 4.79 Å². The van der Waals surface area contributed by atoms with Crippen molar-refractivity contribution in [1.29, 1.82) is 0 Å². The first-order valence-corrected chi connectivity index (χ1v) is 11.1. The molecule has 1 heterocycles. The maximum atomic E-state index is 12.8. The first-order valence-electron chi connectivity index (χ1n) is 10.4. The van der Waals surface area contributed by atoms with Crippen LogP contribution in [0.25, 0.3) is 10.9 Å². The fraction of sp³-hybridized carbons (Fsp3) is 0.429. The Morgan fingerprint density at radius 3 is 2.29 bits per heavy atom. The number of amides is 3. The lowest BCUT2D eigenvalue weighted by molar-refractivity contribution is -0.143. The van der Waals surface area contributed by atoms with Gasteiger partial charge in [0.15, 0.2) is 0 Å². The maximum Gasteiger partial charge on any atom is 0.326 e. The number of rotatable bonds is 12. The van der Waals surface area contributed by atoms with Gasteiger partial charge in [-0.05, 0) is 18.6 Å². The Labute approximate surface area is 200 Å². The van der Waals surface area contributed by atoms with Crippen molar-refractivity contribution in [1.82, 2.24) is 20.9 Å². The lowest BCUT2D eigenvalue weighted by Crippen LogP contribution is -2.60. The standard InChI is InChI=1S/C21H29N5O7S/c1-10(28)17(26-19(30)16(8-27)25-18(29)13(22)9-34)20(31)24-15(21(32)33)6-11-7-23-14-5-3-2-4-12(11)14/h2-5,7,10,13,15-17,23,27-28,34H,6,8-9,22H2,1H3,(H,24,31)(H,25,29)(H,26,30)(H,32,33). The number of aliphatic carboxylic acids is 1. The number of carbonyl (C=O) groups is 4. The number of nitrogens with one attached hydrogen (secondary N) is 4. The van der Waals surface area contributed by atoms with Crippen LogP contribution in [0.3, 0.4) is 0 Å². The number of aliphatic hydroxyl groups excluding tert-OH is 2. The maximum absolute atomic E-state index is 12.8. The summed E-state index contributed by atoms with van der Waals surface area (Å²) in [4.78, 5) is 52.0. The highest BCUT2D eigenvalue weighted by Gasteiger charge is 2.32. The summed E-state index contributed by atoms with van der Waals surface area (Å²) in [5, 5.41) is 36.7. The topological polar surface area (TPSA) is 207 Å². The normalized spacial score (nSPS) is 15.6. The minimum Gasteiger partial charge on any atom is -0.480 e. The van der Waals surface area contributed by atoms with E-state index in [0.717, 1.165) is 10.9 Å². The molecule has 9 N–H and O–H groups in total. The number of benzene rings is 1. The molecule has 5 unspecified atom stereocenters. The van der Waals surface area contributed by atoms with E-state index in [1.807, 2.05) is 18.2 Å². The molecule has 1 aromatic carbocycles. The van der Waals surface area contributed by atoms with Crippen LogP contribution in [-0.2, 0) is 25.6 Å². The zero-order valence-electron chi connectivity index (χ0n) is 18.4. The van der Waals surface area contributed by atoms with Gasteiger partial charge in [0.25, 0.3) is 0 Å². The van der Waals surface area contributed by atoms with Crippen LogP contribution in [0.2, 0.25) is 0 Å². The summed E-state index contributed by atoms with van der Waals surface area (Å²) in [5.41, 5.74) is 6.99. The SMILES string of the molecule is CC(O)C(NC(=O)C(CO)NC(=O)C(N)CS)C(=O)NC(Cc1c[nH]c2ccccc12)C(=O)O. The molecule has 2 aromatic rings. The van der Waals surface area contributed by atoms with Crippen LogP contribution < -0.4 is 21.7 Å². The second-order valence-corrected chi connectivity index (χ2v) is 8.09. The van der Waals surface area contributed by atoms with Crippen molar-refractivity contribution >= 4 is 47.2 Å². The van der Waals surface area contributed by atoms with E-state index >= 15 is 0 Å². The van der Waals surface area contributed by atoms with Crippen molar-refractivity contribution in [2.24, 2.45) is 5.73 Å². The molecule has 1 aromatic heterocycles. The molecule has 3 amide bonds. The zero-order valence-corrected chi connectivity index (χ0v) is 19.3. The van der Waals surface area contributed by atoms with Crippen LogP contribution in [0.15, 0.2) is 30.5 Å². The Kier molecular flexibility index (Phi) is 9.86. The van der Waals surface area contributed by atoms with E-state index in [-0.39, 0.29) is 12.2 Å². The Morgan fingerprint density at radius 2 is 1.71 bits per heavy atom. The van der Waals surface area contributed by atoms with Gasteiger partial charge in [-0.15, -0.1) is 0 Å². The van der Waals surface area contributed by atoms with E-state index in [9.17, 15) is 34.5 Å². The number of carboxylic acid groups (broad SMARTS) is 1. The molecule has 2 rings (SSSR count). The third-order valence-corrected chi connectivity index (χ3v) is 5.52. The van der Waals surface area contributed by atoms with Gasteiger partial charge in [0, 0.05) is 29.3 Å². The van der Waals surface area contributed by atoms with Crippen LogP contribution in [0, 0.1) is 0 Å². The number of fused-ring (bicyclic) bond motifs is 1. The van der Waals surface area contributed by atoms with Crippen molar-refractivity contribution in [3.8, 4) is 0 Å². The number of carbonyl (C=O) groups excluding carboxylic acids is 3. The Hall–Kier alpha value is -3.13. The van der Waals surface area contributed by atoms with Crippen molar-refractivity contribution < 1.29 is 34.5 Å². The molecule has 0 fully saturated rings. The lowest BCUT2D eigenvalue weighted by Gasteiger charge is -2.25. The number of para-hydroxylation sites is 1. The highest BCUT2D eigenvalue weighted by atomic mass is 32.1. The molecular weight excluding hydrogens is 466 g/mol. The predicted molar refractivity (Wildman–Crippen MR) is 126 cm³/mol. The Bertz CT molecular complexity index is 1030.